The molecule has 1 aliphatic carbocycles. The molecule has 2 aliphatic rings. The SMILES string of the molecule is CCC(C)(O)C1OC(=O)/C=C\C(=O)OC1(N)C1(c2ccc(Cl)cc2)CCC1. The molecule has 1 aliphatic heterocycles. The Kier molecular flexibility index (Phi) is 5.10. The molecule has 3 unspecified atom stereocenters. The van der Waals surface area contributed by atoms with Gasteiger partial charge < -0.3 is 14.6 Å². The molecule has 0 aromatic heterocycles. The first-order valence-corrected chi connectivity index (χ1v) is 9.41. The van der Waals surface area contributed by atoms with Crippen LogP contribution in [0.2, 0.25) is 5.02 Å². The number of halogens is 1. The second kappa shape index (κ2) is 6.93. The van der Waals surface area contributed by atoms with Crippen molar-refractivity contribution in [2.24, 2.45) is 5.73 Å². The Hall–Kier alpha value is -1.89. The van der Waals surface area contributed by atoms with Gasteiger partial charge in [0.2, 0.25) is 5.72 Å². The molecule has 3 rings (SSSR count). The monoisotopic (exact) mass is 393 g/mol. The van der Waals surface area contributed by atoms with Crippen molar-refractivity contribution in [1.29, 1.82) is 0 Å². The zero-order valence-electron chi connectivity index (χ0n) is 15.4. The predicted octanol–water partition coefficient (Wildman–Crippen LogP) is 2.60. The third-order valence-corrected chi connectivity index (χ3v) is 6.13. The smallest absolute Gasteiger partial charge is 0.332 e. The molecule has 3 atom stereocenters. The largest absolute Gasteiger partial charge is 0.450 e. The van der Waals surface area contributed by atoms with Gasteiger partial charge in [-0.3, -0.25) is 5.73 Å². The highest BCUT2D eigenvalue weighted by Crippen LogP contribution is 2.54. The van der Waals surface area contributed by atoms with Crippen molar-refractivity contribution in [2.75, 3.05) is 0 Å². The Morgan fingerprint density at radius 2 is 1.81 bits per heavy atom. The van der Waals surface area contributed by atoms with Crippen LogP contribution in [-0.2, 0) is 24.5 Å². The van der Waals surface area contributed by atoms with Crippen LogP contribution in [-0.4, -0.2) is 34.5 Å². The molecule has 6 nitrogen and oxygen atoms in total. The van der Waals surface area contributed by atoms with E-state index in [0.29, 0.717) is 17.9 Å². The fourth-order valence-corrected chi connectivity index (χ4v) is 4.09. The van der Waals surface area contributed by atoms with Crippen molar-refractivity contribution in [3.05, 3.63) is 47.0 Å². The topological polar surface area (TPSA) is 98.8 Å². The molecule has 7 heteroatoms. The Labute approximate surface area is 163 Å². The molecule has 1 heterocycles. The maximum Gasteiger partial charge on any atom is 0.332 e. The summed E-state index contributed by atoms with van der Waals surface area (Å²) in [6.07, 6.45) is 3.09. The van der Waals surface area contributed by atoms with Gasteiger partial charge in [0.15, 0.2) is 6.10 Å². The van der Waals surface area contributed by atoms with Gasteiger partial charge in [0.25, 0.3) is 0 Å². The average molecular weight is 394 g/mol. The first kappa shape index (κ1) is 19.9. The molecule has 3 N–H and O–H groups in total. The zero-order chi connectivity index (χ0) is 19.9. The number of rotatable bonds is 4. The van der Waals surface area contributed by atoms with Crippen molar-refractivity contribution in [1.82, 2.24) is 0 Å². The van der Waals surface area contributed by atoms with E-state index in [1.807, 2.05) is 12.1 Å². The van der Waals surface area contributed by atoms with Crippen molar-refractivity contribution in [3.8, 4) is 0 Å². The van der Waals surface area contributed by atoms with Crippen LogP contribution in [0.25, 0.3) is 0 Å². The van der Waals surface area contributed by atoms with Crippen LogP contribution in [0.5, 0.6) is 0 Å². The van der Waals surface area contributed by atoms with Crippen LogP contribution in [0.15, 0.2) is 36.4 Å². The highest BCUT2D eigenvalue weighted by Gasteiger charge is 2.65. The minimum atomic E-state index is -1.74. The van der Waals surface area contributed by atoms with Gasteiger partial charge in [-0.1, -0.05) is 37.1 Å². The standard InChI is InChI=1S/C20H24ClNO5/c1-3-18(2,25)17-20(22,27-16(24)10-9-15(23)26-17)19(11-4-12-19)13-5-7-14(21)8-6-13/h5-10,17,25H,3-4,11-12,22H2,1-2H3/b10-9-. The first-order valence-electron chi connectivity index (χ1n) is 9.03. The van der Waals surface area contributed by atoms with E-state index in [-0.39, 0.29) is 6.42 Å². The molecule has 0 spiro atoms. The van der Waals surface area contributed by atoms with Gasteiger partial charge in [0.05, 0.1) is 5.41 Å². The summed E-state index contributed by atoms with van der Waals surface area (Å²) in [5.41, 5.74) is 3.54. The number of carbonyl (C=O) groups is 2. The quantitative estimate of drug-likeness (QED) is 0.763. The fourth-order valence-electron chi connectivity index (χ4n) is 3.96. The molecule has 1 aromatic carbocycles. The summed E-state index contributed by atoms with van der Waals surface area (Å²) in [4.78, 5) is 24.5. The number of hydrogen-bond acceptors (Lipinski definition) is 6. The number of nitrogens with two attached hydrogens (primary N) is 1. The number of esters is 2. The summed E-state index contributed by atoms with van der Waals surface area (Å²) in [6.45, 7) is 3.28. The fraction of sp³-hybridized carbons (Fsp3) is 0.500. The van der Waals surface area contributed by atoms with E-state index in [4.69, 9.17) is 26.8 Å². The average Bonchev–Trinajstić information content (AvgIpc) is 2.57. The molecular weight excluding hydrogens is 370 g/mol. The Balaban J connectivity index is 2.18. The van der Waals surface area contributed by atoms with Gasteiger partial charge in [-0.15, -0.1) is 0 Å². The molecule has 0 amide bonds. The number of hydrogen-bond donors (Lipinski definition) is 2. The lowest BCUT2D eigenvalue weighted by molar-refractivity contribution is -0.238. The lowest BCUT2D eigenvalue weighted by Gasteiger charge is -2.57. The molecule has 1 aromatic rings. The molecule has 0 bridgehead atoms. The number of carbonyl (C=O) groups excluding carboxylic acids is 2. The highest BCUT2D eigenvalue weighted by molar-refractivity contribution is 6.30. The van der Waals surface area contributed by atoms with Crippen LogP contribution < -0.4 is 5.73 Å². The minimum Gasteiger partial charge on any atom is -0.450 e. The van der Waals surface area contributed by atoms with Crippen molar-refractivity contribution in [2.45, 2.75) is 62.4 Å². The number of cyclic esters (lactones) is 2. The summed E-state index contributed by atoms with van der Waals surface area (Å²) in [7, 11) is 0. The van der Waals surface area contributed by atoms with E-state index in [1.54, 1.807) is 19.1 Å². The van der Waals surface area contributed by atoms with E-state index in [2.05, 4.69) is 0 Å². The summed E-state index contributed by atoms with van der Waals surface area (Å²) < 4.78 is 11.2. The molecular formula is C20H24ClNO5. The van der Waals surface area contributed by atoms with Crippen molar-refractivity contribution < 1.29 is 24.2 Å². The number of ether oxygens (including phenoxy) is 2. The Bertz CT molecular complexity index is 769. The van der Waals surface area contributed by atoms with Gasteiger partial charge in [-0.05, 0) is 43.9 Å². The molecule has 1 saturated carbocycles. The number of benzene rings is 1. The summed E-state index contributed by atoms with van der Waals surface area (Å²) >= 11 is 6.02. The van der Waals surface area contributed by atoms with Crippen LogP contribution in [0.3, 0.4) is 0 Å². The predicted molar refractivity (Wildman–Crippen MR) is 99.9 cm³/mol. The summed E-state index contributed by atoms with van der Waals surface area (Å²) in [5, 5.41) is 11.6. The van der Waals surface area contributed by atoms with Gasteiger partial charge in [-0.2, -0.15) is 0 Å². The van der Waals surface area contributed by atoms with E-state index in [9.17, 15) is 14.7 Å². The van der Waals surface area contributed by atoms with Gasteiger partial charge >= 0.3 is 11.9 Å². The molecule has 0 saturated heterocycles. The second-order valence-corrected chi connectivity index (χ2v) is 7.95. The molecule has 1 fully saturated rings. The van der Waals surface area contributed by atoms with E-state index >= 15 is 0 Å². The number of aliphatic hydroxyl groups is 1. The zero-order valence-corrected chi connectivity index (χ0v) is 16.2. The Morgan fingerprint density at radius 3 is 2.33 bits per heavy atom. The van der Waals surface area contributed by atoms with Gasteiger partial charge in [-0.25, -0.2) is 9.59 Å². The van der Waals surface area contributed by atoms with Crippen LogP contribution >= 0.6 is 11.6 Å². The maximum absolute atomic E-state index is 12.3. The van der Waals surface area contributed by atoms with Crippen LogP contribution in [0, 0.1) is 0 Å². The van der Waals surface area contributed by atoms with E-state index in [1.165, 1.54) is 6.92 Å². The van der Waals surface area contributed by atoms with Crippen molar-refractivity contribution >= 4 is 23.5 Å². The third-order valence-electron chi connectivity index (χ3n) is 5.88. The maximum atomic E-state index is 12.3. The lowest BCUT2D eigenvalue weighted by Crippen LogP contribution is -2.75. The highest BCUT2D eigenvalue weighted by atomic mass is 35.5. The first-order chi connectivity index (χ1) is 12.6. The third kappa shape index (κ3) is 3.26. The van der Waals surface area contributed by atoms with Crippen molar-refractivity contribution in [3.63, 3.8) is 0 Å². The van der Waals surface area contributed by atoms with Crippen LogP contribution in [0.4, 0.5) is 0 Å². The lowest BCUT2D eigenvalue weighted by atomic mass is 9.55. The normalized spacial score (nSPS) is 30.8. The Morgan fingerprint density at radius 1 is 1.22 bits per heavy atom. The molecule has 146 valence electrons. The molecule has 0 radical (unpaired) electrons. The summed E-state index contributed by atoms with van der Waals surface area (Å²) in [5.74, 6) is -1.49. The minimum absolute atomic E-state index is 0.252. The van der Waals surface area contributed by atoms with Crippen LogP contribution in [0.1, 0.15) is 45.1 Å². The van der Waals surface area contributed by atoms with E-state index in [0.717, 1.165) is 24.1 Å². The molecule has 27 heavy (non-hydrogen) atoms. The van der Waals surface area contributed by atoms with Gasteiger partial charge in [0.1, 0.15) is 5.60 Å². The van der Waals surface area contributed by atoms with Gasteiger partial charge in [0, 0.05) is 17.2 Å². The second-order valence-electron chi connectivity index (χ2n) is 7.52. The van der Waals surface area contributed by atoms with E-state index < -0.39 is 34.8 Å². The summed E-state index contributed by atoms with van der Waals surface area (Å²) in [6, 6.07) is 7.14.